The Balaban J connectivity index is 1.37. The number of para-hydroxylation sites is 2. The highest BCUT2D eigenvalue weighted by atomic mass is 15.7. The van der Waals surface area contributed by atoms with Crippen LogP contribution in [-0.4, -0.2) is 77.0 Å². The summed E-state index contributed by atoms with van der Waals surface area (Å²) in [6.07, 6.45) is 8.29. The van der Waals surface area contributed by atoms with Gasteiger partial charge in [-0.05, 0) is 38.4 Å². The summed E-state index contributed by atoms with van der Waals surface area (Å²) in [6.45, 7) is 5.80. The van der Waals surface area contributed by atoms with E-state index in [1.165, 1.54) is 11.9 Å². The Hall–Kier alpha value is -2.42. The van der Waals surface area contributed by atoms with Crippen LogP contribution < -0.4 is 10.2 Å². The maximum Gasteiger partial charge on any atom is 0.216 e. The molecule has 1 N–H and O–H groups in total. The molecule has 1 aromatic heterocycles. The van der Waals surface area contributed by atoms with Gasteiger partial charge in [0.15, 0.2) is 0 Å². The van der Waals surface area contributed by atoms with Gasteiger partial charge in [0.05, 0.1) is 17.7 Å². The summed E-state index contributed by atoms with van der Waals surface area (Å²) in [5.74, 6) is 2.54. The normalized spacial score (nSPS) is 28.2. The van der Waals surface area contributed by atoms with Crippen molar-refractivity contribution >= 4 is 22.9 Å². The largest absolute Gasteiger partial charge is 0.335 e. The number of aromatic nitrogens is 2. The molecular formula is C22H30N8. The Kier molecular flexibility index (Phi) is 4.51. The Labute approximate surface area is 177 Å². The molecule has 2 aromatic rings. The van der Waals surface area contributed by atoms with Crippen LogP contribution in [0, 0.1) is 5.92 Å². The second-order valence-corrected chi connectivity index (χ2v) is 8.86. The lowest BCUT2D eigenvalue weighted by molar-refractivity contribution is -0.0530. The average molecular weight is 407 g/mol. The van der Waals surface area contributed by atoms with Crippen molar-refractivity contribution in [3.8, 4) is 0 Å². The number of piperazine rings is 1. The standard InChI is InChI=1S/C22H30N8/c1-26-11-13-27(14-12-26)28-15-23-21-25-20(17-7-3-2-4-8-17)30-19-10-6-5-9-18(19)24-22(30)29(21)16-28/h2-3,5-6,9-10,17,20H,4,7-8,11-16H2,1H3,(H,23,25)/t17-,20-/m0/s1. The van der Waals surface area contributed by atoms with Crippen molar-refractivity contribution < 1.29 is 0 Å². The van der Waals surface area contributed by atoms with E-state index >= 15 is 0 Å². The van der Waals surface area contributed by atoms with Gasteiger partial charge >= 0.3 is 0 Å². The second kappa shape index (κ2) is 7.37. The molecule has 4 aliphatic rings. The Morgan fingerprint density at radius 1 is 1.03 bits per heavy atom. The van der Waals surface area contributed by atoms with Gasteiger partial charge in [-0.2, -0.15) is 0 Å². The van der Waals surface area contributed by atoms with E-state index in [1.807, 2.05) is 0 Å². The van der Waals surface area contributed by atoms with Crippen LogP contribution in [0.15, 0.2) is 41.4 Å². The minimum Gasteiger partial charge on any atom is -0.335 e. The van der Waals surface area contributed by atoms with Crippen molar-refractivity contribution in [1.82, 2.24) is 29.8 Å². The molecule has 1 saturated heterocycles. The van der Waals surface area contributed by atoms with Crippen LogP contribution in [0.25, 0.3) is 11.0 Å². The predicted octanol–water partition coefficient (Wildman–Crippen LogP) is 2.05. The molecule has 6 rings (SSSR count). The molecule has 0 spiro atoms. The number of aliphatic imine (C=N–C) groups is 1. The highest BCUT2D eigenvalue weighted by Crippen LogP contribution is 2.37. The first-order valence-electron chi connectivity index (χ1n) is 11.2. The summed E-state index contributed by atoms with van der Waals surface area (Å²) in [4.78, 5) is 14.7. The van der Waals surface area contributed by atoms with Gasteiger partial charge in [-0.3, -0.25) is 9.47 Å². The van der Waals surface area contributed by atoms with Crippen LogP contribution in [0.4, 0.5) is 5.95 Å². The van der Waals surface area contributed by atoms with Gasteiger partial charge < -0.3 is 10.2 Å². The number of allylic oxidation sites excluding steroid dienone is 2. The molecule has 0 saturated carbocycles. The number of guanidine groups is 1. The van der Waals surface area contributed by atoms with Gasteiger partial charge in [-0.25, -0.2) is 20.0 Å². The van der Waals surface area contributed by atoms with Crippen LogP contribution in [0.5, 0.6) is 0 Å². The van der Waals surface area contributed by atoms with Crippen LogP contribution in [-0.2, 0) is 0 Å². The summed E-state index contributed by atoms with van der Waals surface area (Å²) in [6, 6.07) is 8.52. The topological polar surface area (TPSA) is 55.2 Å². The highest BCUT2D eigenvalue weighted by molar-refractivity contribution is 5.98. The Bertz CT molecular complexity index is 986. The Morgan fingerprint density at radius 2 is 1.90 bits per heavy atom. The fourth-order valence-corrected chi connectivity index (χ4v) is 5.17. The number of anilines is 1. The number of nitrogens with one attached hydrogen (secondary N) is 1. The fraction of sp³-hybridized carbons (Fsp3) is 0.545. The first kappa shape index (κ1) is 18.4. The molecule has 1 fully saturated rings. The lowest BCUT2D eigenvalue weighted by atomic mass is 9.91. The molecule has 2 atom stereocenters. The molecule has 158 valence electrons. The number of hydrazine groups is 1. The van der Waals surface area contributed by atoms with E-state index in [1.54, 1.807) is 0 Å². The smallest absolute Gasteiger partial charge is 0.216 e. The molecule has 1 aromatic carbocycles. The molecule has 3 aliphatic heterocycles. The van der Waals surface area contributed by atoms with Gasteiger partial charge in [-0.15, -0.1) is 0 Å². The van der Waals surface area contributed by atoms with Crippen molar-refractivity contribution in [3.05, 3.63) is 36.4 Å². The average Bonchev–Trinajstić information content (AvgIpc) is 3.19. The van der Waals surface area contributed by atoms with Crippen LogP contribution >= 0.6 is 0 Å². The Morgan fingerprint density at radius 3 is 2.73 bits per heavy atom. The van der Waals surface area contributed by atoms with E-state index in [-0.39, 0.29) is 6.17 Å². The van der Waals surface area contributed by atoms with Crippen molar-refractivity contribution in [2.75, 3.05) is 51.5 Å². The predicted molar refractivity (Wildman–Crippen MR) is 119 cm³/mol. The van der Waals surface area contributed by atoms with Crippen molar-refractivity contribution in [3.63, 3.8) is 0 Å². The third-order valence-corrected chi connectivity index (χ3v) is 6.95. The first-order valence-corrected chi connectivity index (χ1v) is 11.2. The summed E-state index contributed by atoms with van der Waals surface area (Å²) in [7, 11) is 2.20. The quantitative estimate of drug-likeness (QED) is 0.771. The molecule has 0 bridgehead atoms. The van der Waals surface area contributed by atoms with E-state index in [0.29, 0.717) is 12.6 Å². The highest BCUT2D eigenvalue weighted by Gasteiger charge is 2.39. The van der Waals surface area contributed by atoms with E-state index in [9.17, 15) is 0 Å². The minimum atomic E-state index is 0.197. The molecular weight excluding hydrogens is 376 g/mol. The fourth-order valence-electron chi connectivity index (χ4n) is 5.17. The molecule has 0 radical (unpaired) electrons. The van der Waals surface area contributed by atoms with Gasteiger partial charge in [-0.1, -0.05) is 24.3 Å². The lowest BCUT2D eigenvalue weighted by Crippen LogP contribution is -2.63. The lowest BCUT2D eigenvalue weighted by Gasteiger charge is -2.47. The molecule has 0 unspecified atom stereocenters. The third-order valence-electron chi connectivity index (χ3n) is 6.95. The van der Waals surface area contributed by atoms with Gasteiger partial charge in [0, 0.05) is 32.1 Å². The molecule has 8 nitrogen and oxygen atoms in total. The SMILES string of the molecule is CN1CCN(N2CN=C3N[C@H]([C@H]4CC=CCC4)n4c(nc5ccccc54)N3C2)CC1. The monoisotopic (exact) mass is 406 g/mol. The number of rotatable bonds is 2. The zero-order valence-electron chi connectivity index (χ0n) is 17.6. The van der Waals surface area contributed by atoms with Gasteiger partial charge in [0.1, 0.15) is 12.8 Å². The number of benzene rings is 1. The van der Waals surface area contributed by atoms with Crippen LogP contribution in [0.1, 0.15) is 25.4 Å². The molecule has 0 amide bonds. The maximum absolute atomic E-state index is 5.07. The first-order chi connectivity index (χ1) is 14.8. The zero-order valence-corrected chi connectivity index (χ0v) is 17.6. The van der Waals surface area contributed by atoms with Gasteiger partial charge in [0.25, 0.3) is 0 Å². The zero-order chi connectivity index (χ0) is 20.1. The summed E-state index contributed by atoms with van der Waals surface area (Å²) >= 11 is 0. The summed E-state index contributed by atoms with van der Waals surface area (Å²) in [5.41, 5.74) is 2.26. The van der Waals surface area contributed by atoms with Gasteiger partial charge in [0.2, 0.25) is 11.9 Å². The molecule has 30 heavy (non-hydrogen) atoms. The van der Waals surface area contributed by atoms with Crippen molar-refractivity contribution in [2.45, 2.75) is 25.4 Å². The number of imidazole rings is 1. The summed E-state index contributed by atoms with van der Waals surface area (Å²) in [5, 5.41) is 8.62. The number of hydrogen-bond acceptors (Lipinski definition) is 7. The minimum absolute atomic E-state index is 0.197. The molecule has 4 heterocycles. The van der Waals surface area contributed by atoms with Crippen LogP contribution in [0.2, 0.25) is 0 Å². The van der Waals surface area contributed by atoms with Crippen molar-refractivity contribution in [2.24, 2.45) is 10.9 Å². The van der Waals surface area contributed by atoms with E-state index in [0.717, 1.165) is 63.1 Å². The molecule has 8 heteroatoms. The number of fused-ring (bicyclic) bond motifs is 5. The third kappa shape index (κ3) is 3.02. The number of likely N-dealkylation sites (N-methyl/N-ethyl adjacent to an activating group) is 1. The summed E-state index contributed by atoms with van der Waals surface area (Å²) < 4.78 is 2.42. The number of nitrogens with zero attached hydrogens (tertiary/aromatic N) is 7. The van der Waals surface area contributed by atoms with E-state index in [4.69, 9.17) is 9.98 Å². The molecule has 1 aliphatic carbocycles. The number of hydrogen-bond donors (Lipinski definition) is 1. The second-order valence-electron chi connectivity index (χ2n) is 8.86. The maximum atomic E-state index is 5.07. The van der Waals surface area contributed by atoms with Crippen molar-refractivity contribution in [1.29, 1.82) is 0 Å². The van der Waals surface area contributed by atoms with Crippen LogP contribution in [0.3, 0.4) is 0 Å². The van der Waals surface area contributed by atoms with E-state index < -0.39 is 0 Å². The van der Waals surface area contributed by atoms with E-state index in [2.05, 4.69) is 73.2 Å².